The maximum Gasteiger partial charge on any atom is 0.317 e. The number of nitriles is 1. The highest BCUT2D eigenvalue weighted by atomic mass is 16.4. The first-order valence-corrected chi connectivity index (χ1v) is 3.86. The zero-order valence-electron chi connectivity index (χ0n) is 7.61. The second-order valence-electron chi connectivity index (χ2n) is 2.96. The quantitative estimate of drug-likeness (QED) is 0.674. The zero-order chi connectivity index (χ0) is 9.72. The molecule has 1 N–H and O–H groups in total. The van der Waals surface area contributed by atoms with E-state index in [-0.39, 0.29) is 18.6 Å². The largest absolute Gasteiger partial charge is 0.480 e. The van der Waals surface area contributed by atoms with Crippen molar-refractivity contribution in [2.45, 2.75) is 32.9 Å². The predicted octanol–water partition coefficient (Wildman–Crippen LogP) is 0.693. The van der Waals surface area contributed by atoms with Crippen LogP contribution < -0.4 is 0 Å². The first-order chi connectivity index (χ1) is 5.49. The van der Waals surface area contributed by atoms with Crippen molar-refractivity contribution in [3.8, 4) is 6.07 Å². The topological polar surface area (TPSA) is 64.3 Å². The summed E-state index contributed by atoms with van der Waals surface area (Å²) in [7, 11) is 0. The molecule has 0 aliphatic heterocycles. The Morgan fingerprint density at radius 3 is 2.33 bits per heavy atom. The van der Waals surface area contributed by atoms with Crippen molar-refractivity contribution in [2.75, 3.05) is 6.54 Å². The summed E-state index contributed by atoms with van der Waals surface area (Å²) >= 11 is 0. The average Bonchev–Trinajstić information content (AvgIpc) is 1.98. The van der Waals surface area contributed by atoms with E-state index in [0.29, 0.717) is 0 Å². The third kappa shape index (κ3) is 3.35. The Balaban J connectivity index is 4.25. The molecule has 12 heavy (non-hydrogen) atoms. The molecule has 0 amide bonds. The van der Waals surface area contributed by atoms with Gasteiger partial charge in [0.25, 0.3) is 0 Å². The molecular formula is C8H14N2O2. The van der Waals surface area contributed by atoms with Crippen molar-refractivity contribution in [1.82, 2.24) is 4.90 Å². The molecule has 0 heterocycles. The summed E-state index contributed by atoms with van der Waals surface area (Å²) in [6, 6.07) is 1.75. The molecule has 0 bridgehead atoms. The molecule has 4 nitrogen and oxygen atoms in total. The molecule has 0 rings (SSSR count). The maximum absolute atomic E-state index is 10.4. The molecule has 4 heteroatoms. The van der Waals surface area contributed by atoms with Gasteiger partial charge in [-0.05, 0) is 20.8 Å². The highest BCUT2D eigenvalue weighted by molar-refractivity contribution is 5.69. The highest BCUT2D eigenvalue weighted by Crippen LogP contribution is 2.03. The average molecular weight is 170 g/mol. The molecule has 0 fully saturated rings. The second-order valence-corrected chi connectivity index (χ2v) is 2.96. The number of aliphatic carboxylic acids is 1. The van der Waals surface area contributed by atoms with Crippen molar-refractivity contribution in [3.05, 3.63) is 0 Å². The molecule has 0 spiro atoms. The van der Waals surface area contributed by atoms with Gasteiger partial charge in [0.2, 0.25) is 0 Å². The molecular weight excluding hydrogens is 156 g/mol. The van der Waals surface area contributed by atoms with Crippen LogP contribution in [0.1, 0.15) is 20.8 Å². The summed E-state index contributed by atoms with van der Waals surface area (Å²) in [5, 5.41) is 17.1. The molecule has 0 saturated carbocycles. The minimum atomic E-state index is -0.897. The fourth-order valence-corrected chi connectivity index (χ4v) is 0.997. The van der Waals surface area contributed by atoms with Crippen LogP contribution in [0.2, 0.25) is 0 Å². The van der Waals surface area contributed by atoms with Crippen molar-refractivity contribution in [2.24, 2.45) is 0 Å². The number of rotatable bonds is 4. The van der Waals surface area contributed by atoms with Crippen LogP contribution >= 0.6 is 0 Å². The Morgan fingerprint density at radius 2 is 2.08 bits per heavy atom. The lowest BCUT2D eigenvalue weighted by molar-refractivity contribution is -0.139. The third-order valence-electron chi connectivity index (χ3n) is 1.67. The van der Waals surface area contributed by atoms with Gasteiger partial charge in [-0.15, -0.1) is 0 Å². The molecule has 0 aliphatic rings. The monoisotopic (exact) mass is 170 g/mol. The van der Waals surface area contributed by atoms with E-state index in [1.165, 1.54) is 0 Å². The molecule has 1 atom stereocenters. The minimum Gasteiger partial charge on any atom is -0.480 e. The molecule has 68 valence electrons. The molecule has 0 aromatic carbocycles. The number of hydrogen-bond donors (Lipinski definition) is 1. The van der Waals surface area contributed by atoms with Gasteiger partial charge in [0, 0.05) is 6.04 Å². The number of hydrogen-bond acceptors (Lipinski definition) is 3. The molecule has 0 radical (unpaired) electrons. The summed E-state index contributed by atoms with van der Waals surface area (Å²) in [6.07, 6.45) is 0. The summed E-state index contributed by atoms with van der Waals surface area (Å²) in [5.74, 6) is -0.897. The van der Waals surface area contributed by atoms with E-state index in [9.17, 15) is 4.79 Å². The smallest absolute Gasteiger partial charge is 0.317 e. The first-order valence-electron chi connectivity index (χ1n) is 3.86. The van der Waals surface area contributed by atoms with Gasteiger partial charge in [-0.3, -0.25) is 9.69 Å². The van der Waals surface area contributed by atoms with Gasteiger partial charge in [0.15, 0.2) is 0 Å². The first kappa shape index (κ1) is 10.9. The van der Waals surface area contributed by atoms with Gasteiger partial charge in [-0.1, -0.05) is 0 Å². The van der Waals surface area contributed by atoms with Crippen LogP contribution in [-0.4, -0.2) is 34.6 Å². The van der Waals surface area contributed by atoms with Crippen LogP contribution in [0.5, 0.6) is 0 Å². The summed E-state index contributed by atoms with van der Waals surface area (Å²) in [4.78, 5) is 12.0. The number of carboxylic acids is 1. The SMILES string of the molecule is CC(C)N(CC(=O)O)C(C)C#N. The van der Waals surface area contributed by atoms with Gasteiger partial charge >= 0.3 is 5.97 Å². The van der Waals surface area contributed by atoms with E-state index in [4.69, 9.17) is 10.4 Å². The van der Waals surface area contributed by atoms with Crippen molar-refractivity contribution < 1.29 is 9.90 Å². The summed E-state index contributed by atoms with van der Waals surface area (Å²) in [5.41, 5.74) is 0. The normalized spacial score (nSPS) is 13.0. The lowest BCUT2D eigenvalue weighted by Crippen LogP contribution is -2.41. The summed E-state index contributed by atoms with van der Waals surface area (Å²) < 4.78 is 0. The highest BCUT2D eigenvalue weighted by Gasteiger charge is 2.18. The third-order valence-corrected chi connectivity index (χ3v) is 1.67. The maximum atomic E-state index is 10.4. The zero-order valence-corrected chi connectivity index (χ0v) is 7.61. The van der Waals surface area contributed by atoms with E-state index >= 15 is 0 Å². The standard InChI is InChI=1S/C8H14N2O2/c1-6(2)10(5-8(11)12)7(3)4-9/h6-7H,5H2,1-3H3,(H,11,12). The van der Waals surface area contributed by atoms with Crippen molar-refractivity contribution >= 4 is 5.97 Å². The van der Waals surface area contributed by atoms with Crippen LogP contribution in [0, 0.1) is 11.3 Å². The molecule has 1 unspecified atom stereocenters. The Kier molecular flexibility index (Phi) is 4.30. The van der Waals surface area contributed by atoms with Crippen LogP contribution in [0.3, 0.4) is 0 Å². The van der Waals surface area contributed by atoms with Gasteiger partial charge < -0.3 is 5.11 Å². The van der Waals surface area contributed by atoms with Crippen molar-refractivity contribution in [1.29, 1.82) is 5.26 Å². The molecule has 0 saturated heterocycles. The lowest BCUT2D eigenvalue weighted by atomic mass is 10.2. The number of carboxylic acid groups (broad SMARTS) is 1. The number of carbonyl (C=O) groups is 1. The summed E-state index contributed by atoms with van der Waals surface area (Å²) in [6.45, 7) is 5.36. The van der Waals surface area contributed by atoms with Crippen LogP contribution in [0.15, 0.2) is 0 Å². The van der Waals surface area contributed by atoms with Gasteiger partial charge in [0.1, 0.15) is 0 Å². The van der Waals surface area contributed by atoms with E-state index < -0.39 is 5.97 Å². The Labute approximate surface area is 72.4 Å². The molecule has 0 aromatic rings. The second kappa shape index (κ2) is 4.73. The van der Waals surface area contributed by atoms with Crippen LogP contribution in [0.25, 0.3) is 0 Å². The van der Waals surface area contributed by atoms with E-state index in [2.05, 4.69) is 0 Å². The van der Waals surface area contributed by atoms with E-state index in [1.54, 1.807) is 11.8 Å². The van der Waals surface area contributed by atoms with E-state index in [0.717, 1.165) is 0 Å². The van der Waals surface area contributed by atoms with Crippen LogP contribution in [0.4, 0.5) is 0 Å². The Morgan fingerprint density at radius 1 is 1.58 bits per heavy atom. The lowest BCUT2D eigenvalue weighted by Gasteiger charge is -2.26. The van der Waals surface area contributed by atoms with Gasteiger partial charge in [0.05, 0.1) is 18.7 Å². The molecule has 0 aliphatic carbocycles. The fourth-order valence-electron chi connectivity index (χ4n) is 0.997. The fraction of sp³-hybridized carbons (Fsp3) is 0.750. The minimum absolute atomic E-state index is 0.0770. The Bertz CT molecular complexity index is 196. The van der Waals surface area contributed by atoms with E-state index in [1.807, 2.05) is 19.9 Å². The predicted molar refractivity (Wildman–Crippen MR) is 44.6 cm³/mol. The number of nitrogens with zero attached hydrogens (tertiary/aromatic N) is 2. The Hall–Kier alpha value is -1.08. The molecule has 0 aromatic heterocycles. The van der Waals surface area contributed by atoms with Crippen LogP contribution in [-0.2, 0) is 4.79 Å². The van der Waals surface area contributed by atoms with Gasteiger partial charge in [-0.2, -0.15) is 5.26 Å². The van der Waals surface area contributed by atoms with Gasteiger partial charge in [-0.25, -0.2) is 0 Å². The van der Waals surface area contributed by atoms with Crippen molar-refractivity contribution in [3.63, 3.8) is 0 Å².